The molecule has 2 rings (SSSR count). The Balaban J connectivity index is 2.20. The molecule has 0 amide bonds. The summed E-state index contributed by atoms with van der Waals surface area (Å²) in [6.45, 7) is 0.288. The van der Waals surface area contributed by atoms with Crippen LogP contribution in [0.2, 0.25) is 0 Å². The predicted molar refractivity (Wildman–Crippen MR) is 69.7 cm³/mol. The van der Waals surface area contributed by atoms with E-state index in [2.05, 4.69) is 5.10 Å². The number of hydrogen-bond donors (Lipinski definition) is 1. The number of sulfone groups is 1. The van der Waals surface area contributed by atoms with Crippen molar-refractivity contribution in [3.05, 3.63) is 23.6 Å². The van der Waals surface area contributed by atoms with E-state index in [4.69, 9.17) is 5.73 Å². The summed E-state index contributed by atoms with van der Waals surface area (Å²) in [6.07, 6.45) is 1.20. The smallest absolute Gasteiger partial charge is 0.149 e. The molecule has 5 nitrogen and oxygen atoms in total. The van der Waals surface area contributed by atoms with E-state index in [1.807, 2.05) is 17.5 Å². The van der Waals surface area contributed by atoms with Crippen molar-refractivity contribution in [1.82, 2.24) is 9.78 Å². The van der Waals surface area contributed by atoms with Crippen molar-refractivity contribution in [1.29, 1.82) is 0 Å². The van der Waals surface area contributed by atoms with Gasteiger partial charge < -0.3 is 5.73 Å². The Morgan fingerprint density at radius 2 is 2.29 bits per heavy atom. The molecule has 0 bridgehead atoms. The summed E-state index contributed by atoms with van der Waals surface area (Å²) in [7, 11) is -3.00. The molecule has 2 N–H and O–H groups in total. The molecular weight excluding hydrogens is 258 g/mol. The third-order valence-corrected chi connectivity index (χ3v) is 4.08. The standard InChI is InChI=1S/C10H13N3O2S2/c1-17(14,15)6-4-13-10(11)7-8(12-13)9-3-2-5-16-9/h2-3,5,7H,4,6,11H2,1H3. The highest BCUT2D eigenvalue weighted by Gasteiger charge is 2.10. The van der Waals surface area contributed by atoms with Crippen LogP contribution >= 0.6 is 11.3 Å². The van der Waals surface area contributed by atoms with Crippen molar-refractivity contribution in [3.63, 3.8) is 0 Å². The fourth-order valence-corrected chi connectivity index (χ4v) is 2.59. The third kappa shape index (κ3) is 3.07. The van der Waals surface area contributed by atoms with E-state index in [1.54, 1.807) is 17.4 Å². The van der Waals surface area contributed by atoms with Gasteiger partial charge in [0.25, 0.3) is 0 Å². The van der Waals surface area contributed by atoms with Crippen LogP contribution in [0, 0.1) is 0 Å². The molecule has 17 heavy (non-hydrogen) atoms. The Bertz CT molecular complexity index is 600. The highest BCUT2D eigenvalue weighted by molar-refractivity contribution is 7.90. The lowest BCUT2D eigenvalue weighted by atomic mass is 10.3. The molecule has 7 heteroatoms. The van der Waals surface area contributed by atoms with Crippen LogP contribution in [0.1, 0.15) is 0 Å². The maximum Gasteiger partial charge on any atom is 0.149 e. The molecule has 0 unspecified atom stereocenters. The summed E-state index contributed by atoms with van der Waals surface area (Å²) >= 11 is 1.57. The average molecular weight is 271 g/mol. The maximum absolute atomic E-state index is 11.1. The van der Waals surface area contributed by atoms with Crippen LogP contribution in [0.4, 0.5) is 5.82 Å². The zero-order chi connectivity index (χ0) is 12.5. The summed E-state index contributed by atoms with van der Waals surface area (Å²) in [6, 6.07) is 5.65. The van der Waals surface area contributed by atoms with Gasteiger partial charge in [0.2, 0.25) is 0 Å². The molecule has 2 aromatic heterocycles. The van der Waals surface area contributed by atoms with E-state index in [1.165, 1.54) is 10.9 Å². The maximum atomic E-state index is 11.1. The molecule has 2 heterocycles. The quantitative estimate of drug-likeness (QED) is 0.907. The van der Waals surface area contributed by atoms with Gasteiger partial charge in [0, 0.05) is 12.3 Å². The minimum Gasteiger partial charge on any atom is -0.384 e. The second-order valence-electron chi connectivity index (χ2n) is 3.78. The Labute approximate surface area is 104 Å². The Morgan fingerprint density at radius 3 is 2.88 bits per heavy atom. The molecule has 0 radical (unpaired) electrons. The monoisotopic (exact) mass is 271 g/mol. The Hall–Kier alpha value is -1.34. The summed E-state index contributed by atoms with van der Waals surface area (Å²) in [4.78, 5) is 1.02. The summed E-state index contributed by atoms with van der Waals surface area (Å²) < 4.78 is 23.7. The molecule has 0 spiro atoms. The lowest BCUT2D eigenvalue weighted by Crippen LogP contribution is -2.13. The Morgan fingerprint density at radius 1 is 1.53 bits per heavy atom. The number of anilines is 1. The van der Waals surface area contributed by atoms with E-state index in [-0.39, 0.29) is 12.3 Å². The van der Waals surface area contributed by atoms with Gasteiger partial charge in [-0.15, -0.1) is 11.3 Å². The predicted octanol–water partition coefficient (Wildman–Crippen LogP) is 1.24. The first-order valence-electron chi connectivity index (χ1n) is 5.00. The summed E-state index contributed by atoms with van der Waals surface area (Å²) in [5.74, 6) is 0.528. The van der Waals surface area contributed by atoms with E-state index < -0.39 is 9.84 Å². The van der Waals surface area contributed by atoms with Crippen LogP contribution in [0.25, 0.3) is 10.6 Å². The van der Waals surface area contributed by atoms with Crippen molar-refractivity contribution >= 4 is 27.0 Å². The molecule has 0 atom stereocenters. The molecule has 0 aliphatic rings. The van der Waals surface area contributed by atoms with Crippen LogP contribution in [0.5, 0.6) is 0 Å². The molecule has 0 aromatic carbocycles. The topological polar surface area (TPSA) is 78.0 Å². The van der Waals surface area contributed by atoms with Crippen molar-refractivity contribution < 1.29 is 8.42 Å². The van der Waals surface area contributed by atoms with Crippen LogP contribution in [-0.2, 0) is 16.4 Å². The van der Waals surface area contributed by atoms with Crippen molar-refractivity contribution in [2.24, 2.45) is 0 Å². The number of rotatable bonds is 4. The van der Waals surface area contributed by atoms with E-state index in [0.29, 0.717) is 5.82 Å². The Kier molecular flexibility index (Phi) is 3.21. The highest BCUT2D eigenvalue weighted by atomic mass is 32.2. The number of aryl methyl sites for hydroxylation is 1. The molecule has 0 aliphatic carbocycles. The molecular formula is C10H13N3O2S2. The van der Waals surface area contributed by atoms with Gasteiger partial charge in [-0.25, -0.2) is 13.1 Å². The fourth-order valence-electron chi connectivity index (χ4n) is 1.41. The fraction of sp³-hybridized carbons (Fsp3) is 0.300. The molecule has 0 saturated heterocycles. The number of nitrogen functional groups attached to an aromatic ring is 1. The van der Waals surface area contributed by atoms with Crippen LogP contribution in [-0.4, -0.2) is 30.2 Å². The summed E-state index contributed by atoms with van der Waals surface area (Å²) in [5, 5.41) is 6.25. The highest BCUT2D eigenvalue weighted by Crippen LogP contribution is 2.24. The molecule has 0 fully saturated rings. The van der Waals surface area contributed by atoms with Crippen molar-refractivity contribution in [2.45, 2.75) is 6.54 Å². The number of thiophene rings is 1. The van der Waals surface area contributed by atoms with Gasteiger partial charge in [-0.3, -0.25) is 0 Å². The van der Waals surface area contributed by atoms with Gasteiger partial charge in [0.1, 0.15) is 21.3 Å². The van der Waals surface area contributed by atoms with Gasteiger partial charge in [0.05, 0.1) is 17.2 Å². The number of nitrogens with two attached hydrogens (primary N) is 1. The molecule has 92 valence electrons. The van der Waals surface area contributed by atoms with Gasteiger partial charge in [-0.2, -0.15) is 5.10 Å². The minimum atomic E-state index is -3.00. The first-order valence-corrected chi connectivity index (χ1v) is 7.95. The van der Waals surface area contributed by atoms with E-state index in [0.717, 1.165) is 10.6 Å². The van der Waals surface area contributed by atoms with Crippen LogP contribution in [0.15, 0.2) is 23.6 Å². The number of aromatic nitrogens is 2. The average Bonchev–Trinajstić information content (AvgIpc) is 2.82. The SMILES string of the molecule is CS(=O)(=O)CCn1nc(-c2cccs2)cc1N. The molecule has 2 aromatic rings. The second-order valence-corrected chi connectivity index (χ2v) is 6.99. The largest absolute Gasteiger partial charge is 0.384 e. The third-order valence-electron chi connectivity index (χ3n) is 2.26. The minimum absolute atomic E-state index is 0.0444. The van der Waals surface area contributed by atoms with Gasteiger partial charge in [-0.1, -0.05) is 6.07 Å². The summed E-state index contributed by atoms with van der Waals surface area (Å²) in [5.41, 5.74) is 6.57. The number of hydrogen-bond acceptors (Lipinski definition) is 5. The van der Waals surface area contributed by atoms with Crippen LogP contribution < -0.4 is 5.73 Å². The molecule has 0 aliphatic heterocycles. The van der Waals surface area contributed by atoms with E-state index in [9.17, 15) is 8.42 Å². The first kappa shape index (κ1) is 12.1. The van der Waals surface area contributed by atoms with Crippen molar-refractivity contribution in [2.75, 3.05) is 17.7 Å². The first-order chi connectivity index (χ1) is 7.96. The lowest BCUT2D eigenvalue weighted by Gasteiger charge is -2.01. The molecule has 0 saturated carbocycles. The lowest BCUT2D eigenvalue weighted by molar-refractivity contribution is 0.588. The van der Waals surface area contributed by atoms with Gasteiger partial charge >= 0.3 is 0 Å². The van der Waals surface area contributed by atoms with Gasteiger partial charge in [0.15, 0.2) is 0 Å². The zero-order valence-electron chi connectivity index (χ0n) is 9.33. The second kappa shape index (κ2) is 4.50. The normalized spacial score (nSPS) is 11.8. The number of nitrogens with zero attached hydrogens (tertiary/aromatic N) is 2. The van der Waals surface area contributed by atoms with Gasteiger partial charge in [-0.05, 0) is 11.4 Å². The zero-order valence-corrected chi connectivity index (χ0v) is 11.0. The van der Waals surface area contributed by atoms with Crippen LogP contribution in [0.3, 0.4) is 0 Å². The van der Waals surface area contributed by atoms with Crippen molar-refractivity contribution in [3.8, 4) is 10.6 Å². The van der Waals surface area contributed by atoms with E-state index >= 15 is 0 Å².